The van der Waals surface area contributed by atoms with Crippen molar-refractivity contribution in [2.24, 2.45) is 0 Å². The zero-order chi connectivity index (χ0) is 18.7. The molecule has 0 fully saturated rings. The summed E-state index contributed by atoms with van der Waals surface area (Å²) in [5.41, 5.74) is 2.31. The Labute approximate surface area is 148 Å². The number of methoxy groups -OCH3 is 2. The maximum atomic E-state index is 11.9. The van der Waals surface area contributed by atoms with E-state index >= 15 is 0 Å². The number of aliphatic carboxylic acids is 1. The first-order valence-electron chi connectivity index (χ1n) is 7.77. The van der Waals surface area contributed by atoms with Crippen molar-refractivity contribution < 1.29 is 23.8 Å². The molecule has 0 bridgehead atoms. The molecule has 3 rings (SSSR count). The molecule has 0 saturated carbocycles. The molecule has 0 aliphatic rings. The van der Waals surface area contributed by atoms with E-state index in [4.69, 9.17) is 19.0 Å². The Morgan fingerprint density at radius 2 is 1.92 bits per heavy atom. The molecular formula is C19H17NO6. The first kappa shape index (κ1) is 17.3. The van der Waals surface area contributed by atoms with Crippen LogP contribution in [0.25, 0.3) is 23.3 Å². The highest BCUT2D eigenvalue weighted by Crippen LogP contribution is 2.28. The Bertz CT molecular complexity index is 1040. The molecule has 2 aromatic carbocycles. The predicted molar refractivity (Wildman–Crippen MR) is 96.6 cm³/mol. The zero-order valence-corrected chi connectivity index (χ0v) is 14.3. The van der Waals surface area contributed by atoms with Crippen molar-refractivity contribution in [2.45, 2.75) is 6.54 Å². The molecule has 0 spiro atoms. The summed E-state index contributed by atoms with van der Waals surface area (Å²) in [5.74, 6) is -0.578. The van der Waals surface area contributed by atoms with E-state index in [0.29, 0.717) is 28.2 Å². The topological polar surface area (TPSA) is 90.9 Å². The maximum Gasteiger partial charge on any atom is 0.420 e. The third-order valence-electron chi connectivity index (χ3n) is 3.88. The summed E-state index contributed by atoms with van der Waals surface area (Å²) >= 11 is 0. The molecule has 1 heterocycles. The molecule has 3 aromatic rings. The van der Waals surface area contributed by atoms with Crippen molar-refractivity contribution in [2.75, 3.05) is 14.2 Å². The number of para-hydroxylation sites is 1. The van der Waals surface area contributed by atoms with Crippen molar-refractivity contribution in [3.63, 3.8) is 0 Å². The van der Waals surface area contributed by atoms with Crippen LogP contribution in [0.1, 0.15) is 11.1 Å². The maximum absolute atomic E-state index is 11.9. The van der Waals surface area contributed by atoms with Crippen LogP contribution in [0.2, 0.25) is 0 Å². The van der Waals surface area contributed by atoms with E-state index in [0.717, 1.165) is 10.1 Å². The van der Waals surface area contributed by atoms with Gasteiger partial charge in [-0.3, -0.25) is 9.36 Å². The van der Waals surface area contributed by atoms with E-state index in [9.17, 15) is 9.59 Å². The predicted octanol–water partition coefficient (Wildman–Crippen LogP) is 2.87. The summed E-state index contributed by atoms with van der Waals surface area (Å²) in [5, 5.41) is 8.95. The number of oxazole rings is 1. The average molecular weight is 355 g/mol. The van der Waals surface area contributed by atoms with Crippen LogP contribution in [0.15, 0.2) is 45.6 Å². The number of nitrogens with zero attached hydrogens (tertiary/aromatic N) is 1. The van der Waals surface area contributed by atoms with E-state index in [1.807, 2.05) is 18.2 Å². The van der Waals surface area contributed by atoms with Crippen molar-refractivity contribution in [1.29, 1.82) is 0 Å². The Morgan fingerprint density at radius 1 is 1.15 bits per heavy atom. The summed E-state index contributed by atoms with van der Waals surface area (Å²) in [6, 6.07) is 10.7. The van der Waals surface area contributed by atoms with Crippen LogP contribution < -0.4 is 15.2 Å². The number of rotatable bonds is 6. The SMILES string of the molecule is COc1ccc(/C=C/c2cccc3c2oc(=O)n3CC(=O)O)cc1OC. The lowest BCUT2D eigenvalue weighted by atomic mass is 10.1. The molecule has 0 radical (unpaired) electrons. The van der Waals surface area contributed by atoms with Crippen molar-refractivity contribution in [3.8, 4) is 11.5 Å². The highest BCUT2D eigenvalue weighted by Gasteiger charge is 2.13. The minimum Gasteiger partial charge on any atom is -0.493 e. The van der Waals surface area contributed by atoms with Gasteiger partial charge in [-0.05, 0) is 23.8 Å². The van der Waals surface area contributed by atoms with Gasteiger partial charge in [0.25, 0.3) is 0 Å². The van der Waals surface area contributed by atoms with Gasteiger partial charge >= 0.3 is 11.7 Å². The van der Waals surface area contributed by atoms with Gasteiger partial charge in [0, 0.05) is 5.56 Å². The second-order valence-corrected chi connectivity index (χ2v) is 5.49. The number of aromatic nitrogens is 1. The second-order valence-electron chi connectivity index (χ2n) is 5.49. The number of carboxylic acids is 1. The minimum absolute atomic E-state index is 0.343. The highest BCUT2D eigenvalue weighted by atomic mass is 16.5. The van der Waals surface area contributed by atoms with Crippen molar-refractivity contribution >= 4 is 29.2 Å². The summed E-state index contributed by atoms with van der Waals surface area (Å²) in [7, 11) is 3.13. The number of carbonyl (C=O) groups is 1. The number of carboxylic acid groups (broad SMARTS) is 1. The van der Waals surface area contributed by atoms with E-state index in [-0.39, 0.29) is 0 Å². The lowest BCUT2D eigenvalue weighted by Crippen LogP contribution is -2.19. The largest absolute Gasteiger partial charge is 0.493 e. The van der Waals surface area contributed by atoms with Gasteiger partial charge in [0.05, 0.1) is 19.7 Å². The van der Waals surface area contributed by atoms with Crippen LogP contribution in [0.5, 0.6) is 11.5 Å². The molecule has 0 aliphatic carbocycles. The van der Waals surface area contributed by atoms with E-state index in [1.54, 1.807) is 44.6 Å². The molecule has 0 unspecified atom stereocenters. The van der Waals surface area contributed by atoms with Gasteiger partial charge in [-0.25, -0.2) is 4.79 Å². The summed E-state index contributed by atoms with van der Waals surface area (Å²) in [6.07, 6.45) is 3.63. The fourth-order valence-corrected chi connectivity index (χ4v) is 2.67. The molecule has 7 heteroatoms. The van der Waals surface area contributed by atoms with E-state index in [2.05, 4.69) is 0 Å². The fraction of sp³-hybridized carbons (Fsp3) is 0.158. The Hall–Kier alpha value is -3.48. The number of fused-ring (bicyclic) bond motifs is 1. The third-order valence-corrected chi connectivity index (χ3v) is 3.88. The van der Waals surface area contributed by atoms with Crippen LogP contribution >= 0.6 is 0 Å². The Morgan fingerprint density at radius 3 is 2.62 bits per heavy atom. The molecule has 0 atom stereocenters. The highest BCUT2D eigenvalue weighted by molar-refractivity contribution is 5.87. The molecule has 0 aliphatic heterocycles. The molecule has 7 nitrogen and oxygen atoms in total. The standard InChI is InChI=1S/C19H17NO6/c1-24-15-9-7-12(10-16(15)25-2)6-8-13-4-3-5-14-18(13)26-19(23)20(14)11-17(21)22/h3-10H,11H2,1-2H3,(H,21,22)/b8-6+. The Balaban J connectivity index is 2.00. The van der Waals surface area contributed by atoms with Crippen LogP contribution in [-0.2, 0) is 11.3 Å². The van der Waals surface area contributed by atoms with Gasteiger partial charge in [0.2, 0.25) is 0 Å². The van der Waals surface area contributed by atoms with Gasteiger partial charge in [0.15, 0.2) is 17.1 Å². The second kappa shape index (κ2) is 7.18. The molecule has 26 heavy (non-hydrogen) atoms. The molecule has 1 aromatic heterocycles. The van der Waals surface area contributed by atoms with Gasteiger partial charge in [-0.15, -0.1) is 0 Å². The van der Waals surface area contributed by atoms with E-state index < -0.39 is 18.3 Å². The van der Waals surface area contributed by atoms with Gasteiger partial charge < -0.3 is 19.0 Å². The third kappa shape index (κ3) is 3.32. The quantitative estimate of drug-likeness (QED) is 0.684. The zero-order valence-electron chi connectivity index (χ0n) is 14.3. The van der Waals surface area contributed by atoms with Crippen LogP contribution in [0, 0.1) is 0 Å². The van der Waals surface area contributed by atoms with Crippen LogP contribution in [-0.4, -0.2) is 29.9 Å². The molecule has 134 valence electrons. The fourth-order valence-electron chi connectivity index (χ4n) is 2.67. The number of hydrogen-bond acceptors (Lipinski definition) is 5. The smallest absolute Gasteiger partial charge is 0.420 e. The molecular weight excluding hydrogens is 338 g/mol. The first-order chi connectivity index (χ1) is 12.5. The molecule has 1 N–H and O–H groups in total. The molecule has 0 amide bonds. The minimum atomic E-state index is -1.11. The van der Waals surface area contributed by atoms with E-state index in [1.165, 1.54) is 0 Å². The monoisotopic (exact) mass is 355 g/mol. The lowest BCUT2D eigenvalue weighted by molar-refractivity contribution is -0.137. The Kier molecular flexibility index (Phi) is 4.79. The number of hydrogen-bond donors (Lipinski definition) is 1. The normalized spacial score (nSPS) is 11.2. The average Bonchev–Trinajstić information content (AvgIpc) is 2.95. The number of ether oxygens (including phenoxy) is 2. The summed E-state index contributed by atoms with van der Waals surface area (Å²) in [4.78, 5) is 22.9. The summed E-state index contributed by atoms with van der Waals surface area (Å²) < 4.78 is 16.8. The van der Waals surface area contributed by atoms with Gasteiger partial charge in [-0.2, -0.15) is 0 Å². The first-order valence-corrected chi connectivity index (χ1v) is 7.77. The summed E-state index contributed by atoms with van der Waals surface area (Å²) in [6.45, 7) is -0.450. The lowest BCUT2D eigenvalue weighted by Gasteiger charge is -2.07. The number of benzene rings is 2. The van der Waals surface area contributed by atoms with Crippen LogP contribution in [0.4, 0.5) is 0 Å². The van der Waals surface area contributed by atoms with Crippen LogP contribution in [0.3, 0.4) is 0 Å². The van der Waals surface area contributed by atoms with Gasteiger partial charge in [0.1, 0.15) is 6.54 Å². The van der Waals surface area contributed by atoms with Crippen molar-refractivity contribution in [1.82, 2.24) is 4.57 Å². The van der Waals surface area contributed by atoms with Gasteiger partial charge in [-0.1, -0.05) is 30.4 Å². The van der Waals surface area contributed by atoms with Crippen molar-refractivity contribution in [3.05, 3.63) is 58.1 Å². The molecule has 0 saturated heterocycles.